The van der Waals surface area contributed by atoms with Crippen LogP contribution in [0.2, 0.25) is 0 Å². The molecular weight excluding hydrogens is 297 g/mol. The van der Waals surface area contributed by atoms with E-state index in [1.807, 2.05) is 0 Å². The minimum Gasteiger partial charge on any atom is -0.462 e. The second-order valence-corrected chi connectivity index (χ2v) is 7.17. The summed E-state index contributed by atoms with van der Waals surface area (Å²) in [5.41, 5.74) is 0.269. The molecule has 0 atom stereocenters. The van der Waals surface area contributed by atoms with Crippen LogP contribution in [0.4, 0.5) is 0 Å². The number of hydrogen-bond donors (Lipinski definition) is 0. The van der Waals surface area contributed by atoms with Crippen molar-refractivity contribution in [3.8, 4) is 5.88 Å². The van der Waals surface area contributed by atoms with Crippen LogP contribution in [0.15, 0.2) is 0 Å². The quantitative estimate of drug-likeness (QED) is 0.590. The second-order valence-electron chi connectivity index (χ2n) is 3.04. The molecule has 1 heterocycles. The van der Waals surface area contributed by atoms with Crippen LogP contribution in [0, 0.1) is 6.92 Å². The normalized spacial score (nSPS) is 11.3. The van der Waals surface area contributed by atoms with Crippen LogP contribution in [0.3, 0.4) is 0 Å². The van der Waals surface area contributed by atoms with Gasteiger partial charge in [0.1, 0.15) is 5.56 Å². The maximum absolute atomic E-state index is 11.8. The summed E-state index contributed by atoms with van der Waals surface area (Å²) < 4.78 is 24.3. The van der Waals surface area contributed by atoms with Crippen LogP contribution in [0.25, 0.3) is 0 Å². The Morgan fingerprint density at radius 1 is 1.44 bits per heavy atom. The molecule has 0 aliphatic heterocycles. The van der Waals surface area contributed by atoms with Gasteiger partial charge in [-0.25, -0.2) is 4.79 Å². The Labute approximate surface area is 115 Å². The fourth-order valence-electron chi connectivity index (χ4n) is 1.10. The zero-order valence-corrected chi connectivity index (χ0v) is 13.0. The summed E-state index contributed by atoms with van der Waals surface area (Å²) in [6.07, 6.45) is 0. The van der Waals surface area contributed by atoms with Gasteiger partial charge in [0.25, 0.3) is 0 Å². The van der Waals surface area contributed by atoms with Gasteiger partial charge in [0.2, 0.25) is 5.88 Å². The van der Waals surface area contributed by atoms with Gasteiger partial charge in [0.05, 0.1) is 6.61 Å². The van der Waals surface area contributed by atoms with Gasteiger partial charge >= 0.3 is 12.7 Å². The SMILES string of the molecule is CCOC(=O)c1c(OP(=S)(OC)OC)nsc1C. The molecule has 0 unspecified atom stereocenters. The van der Waals surface area contributed by atoms with E-state index in [9.17, 15) is 4.79 Å². The zero-order chi connectivity index (χ0) is 13.8. The van der Waals surface area contributed by atoms with Crippen molar-refractivity contribution < 1.29 is 23.1 Å². The van der Waals surface area contributed by atoms with Crippen LogP contribution in [-0.2, 0) is 25.6 Å². The molecule has 18 heavy (non-hydrogen) atoms. The van der Waals surface area contributed by atoms with Gasteiger partial charge in [0.15, 0.2) is 0 Å². The van der Waals surface area contributed by atoms with Crippen molar-refractivity contribution in [2.45, 2.75) is 13.8 Å². The third-order valence-electron chi connectivity index (χ3n) is 1.96. The first-order chi connectivity index (χ1) is 8.47. The van der Waals surface area contributed by atoms with Crippen molar-refractivity contribution >= 4 is 36.0 Å². The van der Waals surface area contributed by atoms with Crippen molar-refractivity contribution in [1.29, 1.82) is 0 Å². The fourth-order valence-corrected chi connectivity index (χ4v) is 2.62. The van der Waals surface area contributed by atoms with E-state index in [1.165, 1.54) is 14.2 Å². The molecule has 0 saturated heterocycles. The van der Waals surface area contributed by atoms with Crippen LogP contribution in [0.1, 0.15) is 22.2 Å². The molecule has 0 bridgehead atoms. The van der Waals surface area contributed by atoms with Crippen molar-refractivity contribution in [2.24, 2.45) is 0 Å². The van der Waals surface area contributed by atoms with Gasteiger partial charge in [-0.2, -0.15) is 4.37 Å². The molecule has 0 amide bonds. The molecule has 1 aromatic rings. The number of carbonyl (C=O) groups is 1. The predicted octanol–water partition coefficient (Wildman–Crippen LogP) is 2.52. The summed E-state index contributed by atoms with van der Waals surface area (Å²) in [5.74, 6) is -0.393. The number of esters is 1. The molecule has 0 radical (unpaired) electrons. The smallest absolute Gasteiger partial charge is 0.381 e. The number of aromatic nitrogens is 1. The lowest BCUT2D eigenvalue weighted by molar-refractivity contribution is 0.0523. The number of hydrogen-bond acceptors (Lipinski definition) is 8. The number of ether oxygens (including phenoxy) is 1. The highest BCUT2D eigenvalue weighted by Gasteiger charge is 2.27. The summed E-state index contributed by atoms with van der Waals surface area (Å²) in [6, 6.07) is 0. The Bertz CT molecular complexity index is 468. The molecule has 0 aromatic carbocycles. The highest BCUT2D eigenvalue weighted by Crippen LogP contribution is 2.49. The maximum Gasteiger partial charge on any atom is 0.381 e. The van der Waals surface area contributed by atoms with E-state index in [0.717, 1.165) is 11.5 Å². The minimum absolute atomic E-state index is 0.1000. The van der Waals surface area contributed by atoms with Gasteiger partial charge in [0, 0.05) is 30.9 Å². The monoisotopic (exact) mass is 311 g/mol. The molecule has 0 aliphatic rings. The predicted molar refractivity (Wildman–Crippen MR) is 71.7 cm³/mol. The van der Waals surface area contributed by atoms with Crippen LogP contribution in [0.5, 0.6) is 5.88 Å². The van der Waals surface area contributed by atoms with Crippen LogP contribution in [-0.4, -0.2) is 31.2 Å². The fraction of sp³-hybridized carbons (Fsp3) is 0.556. The van der Waals surface area contributed by atoms with Gasteiger partial charge < -0.3 is 18.3 Å². The van der Waals surface area contributed by atoms with Crippen molar-refractivity contribution in [2.75, 3.05) is 20.8 Å². The average Bonchev–Trinajstić information content (AvgIpc) is 2.70. The molecule has 0 aliphatic carbocycles. The van der Waals surface area contributed by atoms with E-state index in [0.29, 0.717) is 4.88 Å². The Hall–Kier alpha value is -0.530. The second kappa shape index (κ2) is 6.58. The van der Waals surface area contributed by atoms with Crippen LogP contribution >= 0.6 is 18.3 Å². The molecule has 1 aromatic heterocycles. The molecule has 0 spiro atoms. The molecule has 0 saturated carbocycles. The van der Waals surface area contributed by atoms with Gasteiger partial charge in [-0.05, 0) is 25.4 Å². The summed E-state index contributed by atoms with van der Waals surface area (Å²) in [4.78, 5) is 12.5. The van der Waals surface area contributed by atoms with E-state index in [2.05, 4.69) is 4.37 Å². The number of nitrogens with zero attached hydrogens (tertiary/aromatic N) is 1. The lowest BCUT2D eigenvalue weighted by atomic mass is 10.3. The van der Waals surface area contributed by atoms with E-state index in [-0.39, 0.29) is 18.1 Å². The number of aryl methyl sites for hydroxylation is 1. The standard InChI is InChI=1S/C9H14NO5PS2/c1-5-14-9(11)7-6(2)18-10-8(7)15-16(17,12-3)13-4/h5H2,1-4H3. The molecule has 1 rings (SSSR count). The number of rotatable bonds is 6. The molecule has 102 valence electrons. The van der Waals surface area contributed by atoms with Crippen molar-refractivity contribution in [3.05, 3.63) is 10.4 Å². The zero-order valence-electron chi connectivity index (χ0n) is 10.5. The molecule has 9 heteroatoms. The van der Waals surface area contributed by atoms with Crippen LogP contribution < -0.4 is 4.52 Å². The van der Waals surface area contributed by atoms with E-state index < -0.39 is 12.7 Å². The molecule has 0 fully saturated rings. The summed E-state index contributed by atoms with van der Waals surface area (Å²) in [6.45, 7) is 0.843. The highest BCUT2D eigenvalue weighted by atomic mass is 32.5. The molecule has 0 N–H and O–H groups in total. The van der Waals surface area contributed by atoms with E-state index in [1.54, 1.807) is 13.8 Å². The average molecular weight is 311 g/mol. The Kier molecular flexibility index (Phi) is 5.68. The summed E-state index contributed by atoms with van der Waals surface area (Å²) in [7, 11) is 2.76. The number of carbonyl (C=O) groups excluding carboxylic acids is 1. The van der Waals surface area contributed by atoms with Gasteiger partial charge in [-0.1, -0.05) is 0 Å². The molecule has 6 nitrogen and oxygen atoms in total. The first-order valence-electron chi connectivity index (χ1n) is 5.02. The van der Waals surface area contributed by atoms with Crippen molar-refractivity contribution in [3.63, 3.8) is 0 Å². The lowest BCUT2D eigenvalue weighted by Gasteiger charge is -2.17. The third kappa shape index (κ3) is 3.49. The lowest BCUT2D eigenvalue weighted by Crippen LogP contribution is -2.08. The minimum atomic E-state index is -2.91. The molecular formula is C9H14NO5PS2. The summed E-state index contributed by atoms with van der Waals surface area (Å²) >= 11 is 6.19. The first kappa shape index (κ1) is 15.5. The largest absolute Gasteiger partial charge is 0.462 e. The highest BCUT2D eigenvalue weighted by molar-refractivity contribution is 8.07. The van der Waals surface area contributed by atoms with Gasteiger partial charge in [-0.3, -0.25) is 0 Å². The topological polar surface area (TPSA) is 66.9 Å². The van der Waals surface area contributed by atoms with E-state index >= 15 is 0 Å². The maximum atomic E-state index is 11.8. The Balaban J connectivity index is 3.04. The Morgan fingerprint density at radius 2 is 2.06 bits per heavy atom. The first-order valence-corrected chi connectivity index (χ1v) is 8.34. The van der Waals surface area contributed by atoms with Gasteiger partial charge in [-0.15, -0.1) is 0 Å². The van der Waals surface area contributed by atoms with E-state index in [4.69, 9.17) is 30.1 Å². The van der Waals surface area contributed by atoms with Crippen molar-refractivity contribution in [1.82, 2.24) is 4.37 Å². The Morgan fingerprint density at radius 3 is 2.56 bits per heavy atom. The summed E-state index contributed by atoms with van der Waals surface area (Å²) in [5, 5.41) is 0. The third-order valence-corrected chi connectivity index (χ3v) is 5.10.